The van der Waals surface area contributed by atoms with Crippen LogP contribution in [0.5, 0.6) is 5.88 Å². The predicted molar refractivity (Wildman–Crippen MR) is 109 cm³/mol. The van der Waals surface area contributed by atoms with E-state index in [0.29, 0.717) is 19.0 Å². The summed E-state index contributed by atoms with van der Waals surface area (Å²) in [4.78, 5) is 14.5. The van der Waals surface area contributed by atoms with Crippen LogP contribution >= 0.6 is 35.3 Å². The number of nitrogens with zero attached hydrogens (tertiary/aromatic N) is 3. The molecule has 0 amide bonds. The van der Waals surface area contributed by atoms with Gasteiger partial charge in [-0.15, -0.1) is 35.3 Å². The molecule has 0 saturated heterocycles. The summed E-state index contributed by atoms with van der Waals surface area (Å²) in [5.74, 6) is 1.38. The lowest BCUT2D eigenvalue weighted by atomic mass is 10.3. The van der Waals surface area contributed by atoms with Gasteiger partial charge in [0.2, 0.25) is 5.88 Å². The van der Waals surface area contributed by atoms with Crippen molar-refractivity contribution in [3.8, 4) is 5.88 Å². The Morgan fingerprint density at radius 1 is 1.21 bits per heavy atom. The van der Waals surface area contributed by atoms with Gasteiger partial charge in [0.25, 0.3) is 0 Å². The Hall–Kier alpha value is -1.42. The van der Waals surface area contributed by atoms with Gasteiger partial charge < -0.3 is 15.4 Å². The molecule has 0 saturated carbocycles. The first-order chi connectivity index (χ1) is 11.2. The van der Waals surface area contributed by atoms with Gasteiger partial charge in [-0.1, -0.05) is 13.0 Å². The number of hydrogen-bond donors (Lipinski definition) is 2. The lowest BCUT2D eigenvalue weighted by Crippen LogP contribution is -2.36. The van der Waals surface area contributed by atoms with Gasteiger partial charge in [0.15, 0.2) is 5.96 Å². The second-order valence-electron chi connectivity index (χ2n) is 4.83. The van der Waals surface area contributed by atoms with Crippen molar-refractivity contribution in [3.63, 3.8) is 0 Å². The maximum Gasteiger partial charge on any atom is 0.212 e. The van der Waals surface area contributed by atoms with Crippen molar-refractivity contribution in [1.29, 1.82) is 0 Å². The van der Waals surface area contributed by atoms with Crippen LogP contribution in [0, 0.1) is 0 Å². The van der Waals surface area contributed by atoms with E-state index < -0.39 is 0 Å². The van der Waals surface area contributed by atoms with Crippen molar-refractivity contribution >= 4 is 41.3 Å². The minimum atomic E-state index is 0. The van der Waals surface area contributed by atoms with Gasteiger partial charge >= 0.3 is 0 Å². The molecule has 0 aliphatic carbocycles. The monoisotopic (exact) mass is 461 g/mol. The summed E-state index contributed by atoms with van der Waals surface area (Å²) in [6, 6.07) is 3.81. The van der Waals surface area contributed by atoms with Gasteiger partial charge in [-0.25, -0.2) is 15.0 Å². The van der Waals surface area contributed by atoms with Gasteiger partial charge in [0.05, 0.1) is 20.2 Å². The summed E-state index contributed by atoms with van der Waals surface area (Å²) in [6.07, 6.45) is 4.74. The molecule has 24 heavy (non-hydrogen) atoms. The molecule has 2 aromatic rings. The minimum absolute atomic E-state index is 0. The zero-order valence-electron chi connectivity index (χ0n) is 14.2. The summed E-state index contributed by atoms with van der Waals surface area (Å²) in [5.41, 5.74) is 1.03. The number of aryl methyl sites for hydroxylation is 1. The van der Waals surface area contributed by atoms with Crippen molar-refractivity contribution in [2.45, 2.75) is 33.4 Å². The highest BCUT2D eigenvalue weighted by Crippen LogP contribution is 2.12. The smallest absolute Gasteiger partial charge is 0.212 e. The number of guanidine groups is 1. The molecule has 2 heterocycles. The molecule has 132 valence electrons. The first kappa shape index (κ1) is 20.6. The Morgan fingerprint density at radius 3 is 2.62 bits per heavy atom. The number of halogens is 1. The maximum absolute atomic E-state index is 5.05. The van der Waals surface area contributed by atoms with Crippen LogP contribution in [0.3, 0.4) is 0 Å². The summed E-state index contributed by atoms with van der Waals surface area (Å²) in [7, 11) is 1.61. The van der Waals surface area contributed by atoms with E-state index in [1.54, 1.807) is 24.6 Å². The summed E-state index contributed by atoms with van der Waals surface area (Å²) in [6.45, 7) is 6.23. The average molecular weight is 461 g/mol. The zero-order valence-corrected chi connectivity index (χ0v) is 17.4. The molecule has 2 N–H and O–H groups in total. The Balaban J connectivity index is 0.00000288. The van der Waals surface area contributed by atoms with Crippen LogP contribution in [0.1, 0.15) is 29.3 Å². The minimum Gasteiger partial charge on any atom is -0.481 e. The van der Waals surface area contributed by atoms with Gasteiger partial charge in [-0.3, -0.25) is 0 Å². The number of methoxy groups -OCH3 is 1. The fraction of sp³-hybridized carbons (Fsp3) is 0.438. The van der Waals surface area contributed by atoms with Crippen LogP contribution in [-0.4, -0.2) is 29.6 Å². The van der Waals surface area contributed by atoms with Crippen molar-refractivity contribution in [1.82, 2.24) is 20.6 Å². The molecule has 0 unspecified atom stereocenters. The number of thiazole rings is 1. The van der Waals surface area contributed by atoms with Crippen LogP contribution in [0.4, 0.5) is 0 Å². The molecular formula is C16H24IN5OS. The van der Waals surface area contributed by atoms with E-state index in [0.717, 1.165) is 29.5 Å². The number of aliphatic imine (C=N–C) groups is 1. The number of hydrogen-bond acceptors (Lipinski definition) is 5. The van der Waals surface area contributed by atoms with E-state index in [1.807, 2.05) is 25.3 Å². The third-order valence-corrected chi connectivity index (χ3v) is 4.27. The number of pyridine rings is 1. The first-order valence-corrected chi connectivity index (χ1v) is 8.51. The van der Waals surface area contributed by atoms with Gasteiger partial charge in [-0.05, 0) is 18.9 Å². The molecule has 0 bridgehead atoms. The Bertz CT molecular complexity index is 630. The van der Waals surface area contributed by atoms with Crippen LogP contribution in [-0.2, 0) is 19.5 Å². The number of nitrogens with one attached hydrogen (secondary N) is 2. The van der Waals surface area contributed by atoms with Crippen molar-refractivity contribution < 1.29 is 4.74 Å². The number of rotatable bonds is 7. The van der Waals surface area contributed by atoms with Crippen LogP contribution < -0.4 is 15.4 Å². The molecule has 6 nitrogen and oxygen atoms in total. The molecule has 0 aliphatic rings. The lowest BCUT2D eigenvalue weighted by molar-refractivity contribution is 0.397. The SMILES string of the molecule is CCNC(=NCc1ccc(OC)nc1)NCc1ncc(CC)s1.I. The highest BCUT2D eigenvalue weighted by molar-refractivity contribution is 14.0. The lowest BCUT2D eigenvalue weighted by Gasteiger charge is -2.10. The molecular weight excluding hydrogens is 437 g/mol. The third-order valence-electron chi connectivity index (χ3n) is 3.13. The second kappa shape index (κ2) is 11.2. The van der Waals surface area contributed by atoms with E-state index in [-0.39, 0.29) is 24.0 Å². The van der Waals surface area contributed by atoms with E-state index in [2.05, 4.69) is 32.5 Å². The predicted octanol–water partition coefficient (Wildman–Crippen LogP) is 2.98. The third kappa shape index (κ3) is 6.60. The summed E-state index contributed by atoms with van der Waals surface area (Å²) < 4.78 is 5.05. The number of ether oxygens (including phenoxy) is 1. The standard InChI is InChI=1S/C16H23N5OS.HI/c1-4-13-10-19-15(23-13)11-21-16(17-5-2)20-9-12-6-7-14(22-3)18-8-12;/h6-8,10H,4-5,9,11H2,1-3H3,(H2,17,20,21);1H. The molecule has 0 fully saturated rings. The van der Waals surface area contributed by atoms with Crippen molar-refractivity contribution in [2.24, 2.45) is 4.99 Å². The molecule has 0 spiro atoms. The van der Waals surface area contributed by atoms with E-state index in [9.17, 15) is 0 Å². The molecule has 0 aliphatic heterocycles. The quantitative estimate of drug-likeness (QED) is 0.377. The van der Waals surface area contributed by atoms with Gasteiger partial charge in [0, 0.05) is 29.9 Å². The second-order valence-corrected chi connectivity index (χ2v) is 6.03. The Morgan fingerprint density at radius 2 is 2.04 bits per heavy atom. The highest BCUT2D eigenvalue weighted by Gasteiger charge is 2.03. The van der Waals surface area contributed by atoms with Gasteiger partial charge in [0.1, 0.15) is 5.01 Å². The fourth-order valence-electron chi connectivity index (χ4n) is 1.89. The largest absolute Gasteiger partial charge is 0.481 e. The van der Waals surface area contributed by atoms with E-state index in [4.69, 9.17) is 4.74 Å². The molecule has 0 atom stereocenters. The van der Waals surface area contributed by atoms with Crippen LogP contribution in [0.15, 0.2) is 29.5 Å². The highest BCUT2D eigenvalue weighted by atomic mass is 127. The molecule has 2 aromatic heterocycles. The van der Waals surface area contributed by atoms with E-state index in [1.165, 1.54) is 4.88 Å². The summed E-state index contributed by atoms with van der Waals surface area (Å²) in [5, 5.41) is 7.61. The Kier molecular flexibility index (Phi) is 9.62. The first-order valence-electron chi connectivity index (χ1n) is 7.69. The summed E-state index contributed by atoms with van der Waals surface area (Å²) >= 11 is 1.73. The fourth-order valence-corrected chi connectivity index (χ4v) is 2.69. The van der Waals surface area contributed by atoms with E-state index >= 15 is 0 Å². The Labute approximate surface area is 164 Å². The van der Waals surface area contributed by atoms with Gasteiger partial charge in [-0.2, -0.15) is 0 Å². The number of aromatic nitrogens is 2. The maximum atomic E-state index is 5.05. The van der Waals surface area contributed by atoms with Crippen LogP contribution in [0.25, 0.3) is 0 Å². The molecule has 8 heteroatoms. The topological polar surface area (TPSA) is 71.4 Å². The normalized spacial score (nSPS) is 10.9. The average Bonchev–Trinajstić information content (AvgIpc) is 3.06. The zero-order chi connectivity index (χ0) is 16.5. The van der Waals surface area contributed by atoms with Crippen LogP contribution in [0.2, 0.25) is 0 Å². The molecule has 2 rings (SSSR count). The molecule has 0 radical (unpaired) electrons. The van der Waals surface area contributed by atoms with Crippen molar-refractivity contribution in [2.75, 3.05) is 13.7 Å². The van der Waals surface area contributed by atoms with Crippen molar-refractivity contribution in [3.05, 3.63) is 40.0 Å². The molecule has 0 aromatic carbocycles.